The molecular formula is C128H88Cl4N4O2S2. The molecule has 2 aliphatic rings. The van der Waals surface area contributed by atoms with E-state index in [2.05, 4.69) is 411 Å². The second-order valence-corrected chi connectivity index (χ2v) is 40.6. The summed E-state index contributed by atoms with van der Waals surface area (Å²) in [6.07, 6.45) is 0. The molecule has 12 heteroatoms. The molecule has 0 bridgehead atoms. The van der Waals surface area contributed by atoms with Crippen LogP contribution >= 0.6 is 69.1 Å². The van der Waals surface area contributed by atoms with E-state index in [4.69, 9.17) is 55.2 Å². The fourth-order valence-electron chi connectivity index (χ4n) is 21.0. The average Bonchev–Trinajstić information content (AvgIpc) is 1.57. The van der Waals surface area contributed by atoms with Gasteiger partial charge in [-0.1, -0.05) is 335 Å². The number of benzene rings is 21. The number of para-hydroxylation sites is 3. The van der Waals surface area contributed by atoms with Gasteiger partial charge in [-0.05, 0) is 272 Å². The minimum Gasteiger partial charge on any atom is -0.456 e. The van der Waals surface area contributed by atoms with E-state index >= 15 is 0 Å². The molecule has 140 heavy (non-hydrogen) atoms. The van der Waals surface area contributed by atoms with Crippen molar-refractivity contribution in [1.82, 2.24) is 0 Å². The summed E-state index contributed by atoms with van der Waals surface area (Å²) in [5.41, 5.74) is 29.3. The third kappa shape index (κ3) is 15.9. The number of thiophene rings is 2. The van der Waals surface area contributed by atoms with Gasteiger partial charge in [0.1, 0.15) is 16.7 Å². The zero-order valence-electron chi connectivity index (χ0n) is 76.8. The van der Waals surface area contributed by atoms with Crippen molar-refractivity contribution in [2.75, 3.05) is 19.6 Å². The van der Waals surface area contributed by atoms with Crippen molar-refractivity contribution in [3.05, 3.63) is 503 Å². The molecule has 0 N–H and O–H groups in total. The van der Waals surface area contributed by atoms with E-state index in [-0.39, 0.29) is 10.8 Å². The van der Waals surface area contributed by atoms with E-state index in [1.807, 2.05) is 120 Å². The van der Waals surface area contributed by atoms with Gasteiger partial charge in [0, 0.05) is 149 Å². The Morgan fingerprint density at radius 2 is 0.607 bits per heavy atom. The van der Waals surface area contributed by atoms with Gasteiger partial charge in [-0.25, -0.2) is 0 Å². The van der Waals surface area contributed by atoms with Crippen molar-refractivity contribution in [1.29, 1.82) is 0 Å². The van der Waals surface area contributed by atoms with Crippen LogP contribution in [0.15, 0.2) is 470 Å². The molecule has 672 valence electrons. The highest BCUT2D eigenvalue weighted by Crippen LogP contribution is 2.56. The third-order valence-corrected chi connectivity index (χ3v) is 30.8. The van der Waals surface area contributed by atoms with Crippen molar-refractivity contribution in [2.24, 2.45) is 0 Å². The zero-order chi connectivity index (χ0) is 94.4. The largest absolute Gasteiger partial charge is 0.456 e. The summed E-state index contributed by atoms with van der Waals surface area (Å²) in [4.78, 5) is 9.16. The van der Waals surface area contributed by atoms with Crippen LogP contribution in [0.3, 0.4) is 0 Å². The van der Waals surface area contributed by atoms with Gasteiger partial charge >= 0.3 is 0 Å². The predicted molar refractivity (Wildman–Crippen MR) is 600 cm³/mol. The topological polar surface area (TPSA) is 39.2 Å². The second-order valence-electron chi connectivity index (χ2n) is 36.7. The Kier molecular flexibility index (Phi) is 22.5. The van der Waals surface area contributed by atoms with E-state index in [9.17, 15) is 0 Å². The Morgan fingerprint density at radius 3 is 1.29 bits per heavy atom. The summed E-state index contributed by atoms with van der Waals surface area (Å²) in [5, 5.41) is 17.3. The van der Waals surface area contributed by atoms with E-state index in [0.717, 1.165) is 122 Å². The first-order valence-corrected chi connectivity index (χ1v) is 50.1. The summed E-state index contributed by atoms with van der Waals surface area (Å²) in [6.45, 7) is 9.28. The lowest BCUT2D eigenvalue weighted by Gasteiger charge is -2.28. The molecule has 0 aliphatic heterocycles. The van der Waals surface area contributed by atoms with Crippen molar-refractivity contribution in [3.8, 4) is 33.4 Å². The third-order valence-electron chi connectivity index (χ3n) is 27.6. The first-order chi connectivity index (χ1) is 68.5. The van der Waals surface area contributed by atoms with Crippen LogP contribution in [0.2, 0.25) is 20.1 Å². The number of halogens is 4. The molecule has 0 unspecified atom stereocenters. The van der Waals surface area contributed by atoms with Gasteiger partial charge in [0.25, 0.3) is 0 Å². The van der Waals surface area contributed by atoms with Gasteiger partial charge in [-0.3, -0.25) is 0 Å². The minimum atomic E-state index is -0.0767. The summed E-state index contributed by atoms with van der Waals surface area (Å²) in [7, 11) is 0. The van der Waals surface area contributed by atoms with Gasteiger partial charge in [-0.2, -0.15) is 0 Å². The first-order valence-electron chi connectivity index (χ1n) is 47.0. The fourth-order valence-corrected chi connectivity index (χ4v) is 24.0. The van der Waals surface area contributed by atoms with Gasteiger partial charge < -0.3 is 28.4 Å². The van der Waals surface area contributed by atoms with Crippen LogP contribution < -0.4 is 19.6 Å². The van der Waals surface area contributed by atoms with Crippen LogP contribution in [0.1, 0.15) is 49.9 Å². The van der Waals surface area contributed by atoms with E-state index in [0.29, 0.717) is 10.0 Å². The van der Waals surface area contributed by atoms with E-state index in [1.165, 1.54) is 118 Å². The lowest BCUT2D eigenvalue weighted by molar-refractivity contribution is 0.660. The molecule has 2 aliphatic carbocycles. The highest BCUT2D eigenvalue weighted by Gasteiger charge is 2.38. The van der Waals surface area contributed by atoms with Crippen LogP contribution in [0.25, 0.3) is 139 Å². The fraction of sp³-hybridized carbons (Fsp3) is 0.0469. The molecule has 6 nitrogen and oxygen atoms in total. The maximum Gasteiger partial charge on any atom is 0.159 e. The number of hydrogen-bond acceptors (Lipinski definition) is 8. The quantitative estimate of drug-likeness (QED) is 0.115. The maximum absolute atomic E-state index is 6.53. The lowest BCUT2D eigenvalue weighted by Crippen LogP contribution is -2.16. The standard InChI is InChI=1S/C34H22ClNO.C33H24ClNO.C33H24ClNS.C28H18ClNS/c35-27-9-5-10-29(22-27)36(32-13-6-12-31-30-11-3-4-14-33(30)37-34(31)32)28-19-17-24(18-20-28)26-16-15-23-7-1-2-8-25(23)21-26;1-33(2)29-12-5-3-10-25(29)26-16-14-24(20-30(26)33)35(22-9-7-8-21(34)18-22)23-15-17-32-28(19-23)27-11-4-6-13-31(27)36-32;1-33(2)27-13-5-3-11-24(27)26-20-23(17-18-28(26)33)35(22-10-7-9-21(34)19-22)29-14-8-16-31-32(29)25-12-4-6-15-30(25)36-31;29-20-9-6-10-21(17-20)30(26-13-5-8-19-7-1-2-11-23(19)26)22-15-16-28-25(18-22)24-12-3-4-14-27(24)31-28/h1-22H;2*3-20H,1-2H3;1-18H. The molecule has 0 fully saturated rings. The normalized spacial score (nSPS) is 12.5. The van der Waals surface area contributed by atoms with Crippen LogP contribution in [-0.2, 0) is 10.8 Å². The highest BCUT2D eigenvalue weighted by atomic mass is 35.5. The predicted octanol–water partition coefficient (Wildman–Crippen LogP) is 40.4. The molecule has 0 amide bonds. The van der Waals surface area contributed by atoms with Crippen LogP contribution in [0, 0.1) is 0 Å². The van der Waals surface area contributed by atoms with Crippen molar-refractivity contribution >= 4 is 243 Å². The Bertz CT molecular complexity index is 9160. The summed E-state index contributed by atoms with van der Waals surface area (Å²) in [5.74, 6) is 0. The molecule has 4 heterocycles. The molecule has 0 spiro atoms. The monoisotopic (exact) mass is 1920 g/mol. The van der Waals surface area contributed by atoms with Crippen LogP contribution in [0.4, 0.5) is 68.2 Å². The Balaban J connectivity index is 0.000000101. The van der Waals surface area contributed by atoms with Gasteiger partial charge in [-0.15, -0.1) is 22.7 Å². The number of rotatable bonds is 13. The van der Waals surface area contributed by atoms with Crippen molar-refractivity contribution < 1.29 is 8.83 Å². The summed E-state index contributed by atoms with van der Waals surface area (Å²) >= 11 is 29.6. The molecule has 0 radical (unpaired) electrons. The maximum atomic E-state index is 6.53. The minimum absolute atomic E-state index is 0.0189. The average molecular weight is 1920 g/mol. The molecule has 25 aromatic rings. The first kappa shape index (κ1) is 87.3. The number of fused-ring (bicyclic) bond motifs is 20. The summed E-state index contributed by atoms with van der Waals surface area (Å²) in [6, 6.07) is 162. The van der Waals surface area contributed by atoms with E-state index < -0.39 is 0 Å². The molecular weight excluding hydrogens is 1830 g/mol. The molecule has 0 atom stereocenters. The molecule has 0 saturated heterocycles. The Labute approximate surface area is 839 Å². The molecule has 0 saturated carbocycles. The molecule has 21 aromatic carbocycles. The molecule has 4 aromatic heterocycles. The van der Waals surface area contributed by atoms with Gasteiger partial charge in [0.05, 0.1) is 17.1 Å². The zero-order valence-corrected chi connectivity index (χ0v) is 81.5. The van der Waals surface area contributed by atoms with Crippen LogP contribution in [0.5, 0.6) is 0 Å². The number of furan rings is 2. The van der Waals surface area contributed by atoms with Crippen LogP contribution in [-0.4, -0.2) is 0 Å². The second kappa shape index (κ2) is 36.1. The number of hydrogen-bond donors (Lipinski definition) is 0. The SMILES string of the molecule is CC1(C)c2ccccc2-c2cc(N(c3cccc(Cl)c3)c3cccc4sc5ccccc5c34)ccc21.CC1(C)c2ccccc2-c2ccc(N(c3cccc(Cl)c3)c3ccc4oc5ccccc5c4c3)cc21.Clc1cccc(N(c2ccc(-c3ccc4ccccc4c3)cc2)c2cccc3c2oc2ccccc23)c1.Clc1cccc(N(c2ccc3sc4ccccc4c3c2)c2cccc3ccccc23)c1. The van der Waals surface area contributed by atoms with Gasteiger partial charge in [0.2, 0.25) is 0 Å². The van der Waals surface area contributed by atoms with Crippen molar-refractivity contribution in [2.45, 2.75) is 38.5 Å². The van der Waals surface area contributed by atoms with Gasteiger partial charge in [0.15, 0.2) is 5.58 Å². The smallest absolute Gasteiger partial charge is 0.159 e. The van der Waals surface area contributed by atoms with E-state index in [1.54, 1.807) is 0 Å². The number of nitrogens with zero attached hydrogens (tertiary/aromatic N) is 4. The summed E-state index contributed by atoms with van der Waals surface area (Å²) < 4.78 is 17.7. The lowest BCUT2D eigenvalue weighted by atomic mass is 9.82. The Morgan fingerprint density at radius 1 is 0.207 bits per heavy atom. The Hall–Kier alpha value is -15.5. The van der Waals surface area contributed by atoms with Crippen molar-refractivity contribution in [3.63, 3.8) is 0 Å². The number of anilines is 12. The highest BCUT2D eigenvalue weighted by molar-refractivity contribution is 7.26. The molecule has 27 rings (SSSR count).